The molecule has 1 saturated heterocycles. The number of carbonyl (C=O) groups is 2. The van der Waals surface area contributed by atoms with Crippen molar-refractivity contribution in [2.24, 2.45) is 4.99 Å². The van der Waals surface area contributed by atoms with E-state index >= 15 is 0 Å². The molecule has 3 amide bonds. The van der Waals surface area contributed by atoms with E-state index in [1.165, 1.54) is 51.9 Å². The smallest absolute Gasteiger partial charge is 0.497 e. The summed E-state index contributed by atoms with van der Waals surface area (Å²) >= 11 is 1.23. The number of thioether (sulfide) groups is 1. The van der Waals surface area contributed by atoms with Gasteiger partial charge < -0.3 is 14.8 Å². The summed E-state index contributed by atoms with van der Waals surface area (Å²) in [4.78, 5) is 35.6. The van der Waals surface area contributed by atoms with Crippen molar-refractivity contribution in [1.82, 2.24) is 20.1 Å². The molecule has 1 unspecified atom stereocenters. The van der Waals surface area contributed by atoms with Crippen LogP contribution in [0.5, 0.6) is 11.5 Å². The number of amides is 3. The molecule has 3 aromatic carbocycles. The SMILES string of the molecule is COc1ccc(C(C)C)c(N2C(=O)CS/C2=N\C(=O)NCCCC(C)c2ccc(-c3ncn(-c4ccc(OC(F)(F)F)cc4)n3)cc2)c1. The molecule has 10 nitrogen and oxygen atoms in total. The number of aliphatic imine (C=N–C) groups is 1. The summed E-state index contributed by atoms with van der Waals surface area (Å²) in [5.41, 5.74) is 4.07. The second-order valence-electron chi connectivity index (χ2n) is 11.4. The van der Waals surface area contributed by atoms with E-state index in [9.17, 15) is 22.8 Å². The van der Waals surface area contributed by atoms with Gasteiger partial charge in [-0.05, 0) is 66.1 Å². The molecule has 1 atom stereocenters. The molecule has 1 fully saturated rings. The number of alkyl halides is 3. The Morgan fingerprint density at radius 1 is 1.04 bits per heavy atom. The summed E-state index contributed by atoms with van der Waals surface area (Å²) in [6.07, 6.45) is -1.72. The third-order valence-corrected chi connectivity index (χ3v) is 8.64. The quantitative estimate of drug-likeness (QED) is 0.162. The number of halogens is 3. The van der Waals surface area contributed by atoms with Crippen molar-refractivity contribution in [1.29, 1.82) is 0 Å². The average Bonchev–Trinajstić information content (AvgIpc) is 3.69. The van der Waals surface area contributed by atoms with Crippen molar-refractivity contribution in [3.63, 3.8) is 0 Å². The zero-order valence-corrected chi connectivity index (χ0v) is 27.6. The lowest BCUT2D eigenvalue weighted by Crippen LogP contribution is -2.32. The highest BCUT2D eigenvalue weighted by Crippen LogP contribution is 2.36. The molecule has 0 bridgehead atoms. The van der Waals surface area contributed by atoms with Gasteiger partial charge in [0.15, 0.2) is 11.0 Å². The molecule has 1 aliphatic rings. The fraction of sp³-hybridized carbons (Fsp3) is 0.324. The van der Waals surface area contributed by atoms with Crippen LogP contribution in [0.3, 0.4) is 0 Å². The number of hydrogen-bond donors (Lipinski definition) is 1. The Labute approximate surface area is 280 Å². The van der Waals surface area contributed by atoms with E-state index in [1.54, 1.807) is 13.2 Å². The summed E-state index contributed by atoms with van der Waals surface area (Å²) in [6, 6.07) is 18.3. The Morgan fingerprint density at radius 2 is 1.75 bits per heavy atom. The molecular weight excluding hydrogens is 645 g/mol. The fourth-order valence-electron chi connectivity index (χ4n) is 5.19. The van der Waals surface area contributed by atoms with Gasteiger partial charge in [0.1, 0.15) is 17.8 Å². The molecule has 0 aliphatic carbocycles. The van der Waals surface area contributed by atoms with Crippen LogP contribution >= 0.6 is 11.8 Å². The van der Waals surface area contributed by atoms with Crippen LogP contribution in [0.1, 0.15) is 56.6 Å². The van der Waals surface area contributed by atoms with Crippen molar-refractivity contribution in [3.05, 3.63) is 84.2 Å². The maximum absolute atomic E-state index is 12.8. The first kappa shape index (κ1) is 34.5. The highest BCUT2D eigenvalue weighted by atomic mass is 32.2. The van der Waals surface area contributed by atoms with Gasteiger partial charge in [0, 0.05) is 18.2 Å². The van der Waals surface area contributed by atoms with Crippen LogP contribution in [0.25, 0.3) is 17.1 Å². The number of hydrogen-bond acceptors (Lipinski definition) is 7. The maximum atomic E-state index is 12.8. The van der Waals surface area contributed by atoms with Crippen molar-refractivity contribution in [2.75, 3.05) is 24.3 Å². The van der Waals surface area contributed by atoms with Gasteiger partial charge in [-0.1, -0.05) is 62.9 Å². The predicted octanol–water partition coefficient (Wildman–Crippen LogP) is 7.69. The molecule has 252 valence electrons. The van der Waals surface area contributed by atoms with Gasteiger partial charge in [-0.15, -0.1) is 18.3 Å². The van der Waals surface area contributed by atoms with Crippen molar-refractivity contribution < 1.29 is 32.2 Å². The summed E-state index contributed by atoms with van der Waals surface area (Å²) < 4.78 is 48.1. The minimum atomic E-state index is -4.76. The van der Waals surface area contributed by atoms with Gasteiger partial charge in [-0.25, -0.2) is 14.5 Å². The van der Waals surface area contributed by atoms with Gasteiger partial charge in [0.25, 0.3) is 0 Å². The first-order chi connectivity index (χ1) is 22.9. The standard InChI is InChI=1S/C34H35F3N6O4S/c1-21(2)28-16-15-27(46-4)18-29(28)43-30(44)19-48-33(43)40-32(45)38-17-5-6-22(3)23-7-9-24(10-8-23)31-39-20-42(41-31)25-11-13-26(14-12-25)47-34(35,36)37/h7-16,18,20-22H,5-6,17,19H2,1-4H3,(H,38,45)/b40-33-. The molecular formula is C34H35F3N6O4S. The number of methoxy groups -OCH3 is 1. The fourth-order valence-corrected chi connectivity index (χ4v) is 6.05. The van der Waals surface area contributed by atoms with Gasteiger partial charge in [0.2, 0.25) is 5.91 Å². The molecule has 0 saturated carbocycles. The zero-order chi connectivity index (χ0) is 34.4. The number of urea groups is 1. The number of amidine groups is 1. The summed E-state index contributed by atoms with van der Waals surface area (Å²) in [7, 11) is 1.57. The van der Waals surface area contributed by atoms with Gasteiger partial charge in [0.05, 0.1) is 24.2 Å². The first-order valence-electron chi connectivity index (χ1n) is 15.3. The van der Waals surface area contributed by atoms with Crippen LogP contribution in [-0.4, -0.2) is 57.6 Å². The number of anilines is 1. The number of nitrogens with one attached hydrogen (secondary N) is 1. The molecule has 1 aliphatic heterocycles. The minimum absolute atomic E-state index is 0.140. The molecule has 1 N–H and O–H groups in total. The molecule has 48 heavy (non-hydrogen) atoms. The van der Waals surface area contributed by atoms with Crippen molar-refractivity contribution >= 4 is 34.6 Å². The third kappa shape index (κ3) is 8.54. The second-order valence-corrected chi connectivity index (χ2v) is 12.4. The number of benzene rings is 3. The topological polar surface area (TPSA) is 111 Å². The number of ether oxygens (including phenoxy) is 2. The lowest BCUT2D eigenvalue weighted by atomic mass is 9.95. The summed E-state index contributed by atoms with van der Waals surface area (Å²) in [5, 5.41) is 7.64. The first-order valence-corrected chi connectivity index (χ1v) is 16.3. The molecule has 0 spiro atoms. The molecule has 5 rings (SSSR count). The van der Waals surface area contributed by atoms with E-state index < -0.39 is 12.4 Å². The lowest BCUT2D eigenvalue weighted by molar-refractivity contribution is -0.274. The predicted molar refractivity (Wildman–Crippen MR) is 179 cm³/mol. The van der Waals surface area contributed by atoms with Gasteiger partial charge >= 0.3 is 12.4 Å². The highest BCUT2D eigenvalue weighted by molar-refractivity contribution is 8.15. The van der Waals surface area contributed by atoms with E-state index in [1.807, 2.05) is 50.2 Å². The molecule has 4 aromatic rings. The molecule has 0 radical (unpaired) electrons. The second kappa shape index (κ2) is 14.9. The largest absolute Gasteiger partial charge is 0.573 e. The Morgan fingerprint density at radius 3 is 2.42 bits per heavy atom. The Balaban J connectivity index is 1.13. The van der Waals surface area contributed by atoms with E-state index in [0.717, 1.165) is 29.5 Å². The molecule has 14 heteroatoms. The highest BCUT2D eigenvalue weighted by Gasteiger charge is 2.33. The van der Waals surface area contributed by atoms with Crippen LogP contribution in [0, 0.1) is 0 Å². The normalized spacial score (nSPS) is 14.9. The van der Waals surface area contributed by atoms with Gasteiger partial charge in [-0.2, -0.15) is 4.99 Å². The summed E-state index contributed by atoms with van der Waals surface area (Å²) in [6.45, 7) is 6.62. The number of carbonyl (C=O) groups excluding carboxylic acids is 2. The van der Waals surface area contributed by atoms with E-state index in [4.69, 9.17) is 4.74 Å². The van der Waals surface area contributed by atoms with Crippen LogP contribution in [-0.2, 0) is 4.79 Å². The maximum Gasteiger partial charge on any atom is 0.573 e. The number of nitrogens with zero attached hydrogens (tertiary/aromatic N) is 5. The van der Waals surface area contributed by atoms with Crippen LogP contribution in [0.4, 0.5) is 23.7 Å². The third-order valence-electron chi connectivity index (χ3n) is 7.72. The molecule has 2 heterocycles. The van der Waals surface area contributed by atoms with E-state index in [0.29, 0.717) is 34.7 Å². The average molecular weight is 681 g/mol. The van der Waals surface area contributed by atoms with E-state index in [-0.39, 0.29) is 29.2 Å². The zero-order valence-electron chi connectivity index (χ0n) is 26.8. The minimum Gasteiger partial charge on any atom is -0.497 e. The van der Waals surface area contributed by atoms with Crippen LogP contribution in [0.2, 0.25) is 0 Å². The number of aromatic nitrogens is 3. The Hall–Kier alpha value is -4.85. The van der Waals surface area contributed by atoms with E-state index in [2.05, 4.69) is 32.1 Å². The lowest BCUT2D eigenvalue weighted by Gasteiger charge is -2.22. The van der Waals surface area contributed by atoms with Crippen molar-refractivity contribution in [2.45, 2.75) is 51.8 Å². The van der Waals surface area contributed by atoms with Gasteiger partial charge in [-0.3, -0.25) is 9.69 Å². The Kier molecular flexibility index (Phi) is 10.7. The van der Waals surface area contributed by atoms with Crippen LogP contribution in [0.15, 0.2) is 78.0 Å². The van der Waals surface area contributed by atoms with Crippen LogP contribution < -0.4 is 19.7 Å². The Bertz CT molecular complexity index is 1770. The molecule has 1 aromatic heterocycles. The summed E-state index contributed by atoms with van der Waals surface area (Å²) in [5.74, 6) is 1.20. The van der Waals surface area contributed by atoms with Crippen molar-refractivity contribution in [3.8, 4) is 28.6 Å². The number of rotatable bonds is 11. The monoisotopic (exact) mass is 680 g/mol.